The van der Waals surface area contributed by atoms with Gasteiger partial charge in [0.15, 0.2) is 5.76 Å². The maximum atomic E-state index is 11.9. The van der Waals surface area contributed by atoms with Crippen LogP contribution in [0.4, 0.5) is 5.69 Å². The van der Waals surface area contributed by atoms with Crippen molar-refractivity contribution in [3.8, 4) is 0 Å². The number of aryl methyl sites for hydroxylation is 2. The zero-order valence-corrected chi connectivity index (χ0v) is 12.4. The average molecular weight is 322 g/mol. The number of alkyl halides is 1. The molecule has 1 amide bonds. The van der Waals surface area contributed by atoms with Crippen molar-refractivity contribution >= 4 is 27.5 Å². The van der Waals surface area contributed by atoms with Crippen molar-refractivity contribution in [2.24, 2.45) is 0 Å². The summed E-state index contributed by atoms with van der Waals surface area (Å²) in [6.07, 6.45) is 2.07. The molecule has 4 heteroatoms. The fraction of sp³-hybridized carbons (Fsp3) is 0.267. The molecule has 0 unspecified atom stereocenters. The van der Waals surface area contributed by atoms with E-state index >= 15 is 0 Å². The molecule has 0 saturated heterocycles. The first kappa shape index (κ1) is 13.9. The first-order chi connectivity index (χ1) is 9.19. The summed E-state index contributed by atoms with van der Waals surface area (Å²) < 4.78 is 5.29. The number of rotatable bonds is 5. The van der Waals surface area contributed by atoms with Gasteiger partial charge in [-0.3, -0.25) is 4.79 Å². The van der Waals surface area contributed by atoms with Gasteiger partial charge in [0.25, 0.3) is 5.91 Å². The highest BCUT2D eigenvalue weighted by Gasteiger charge is 2.10. The lowest BCUT2D eigenvalue weighted by atomic mass is 10.1. The highest BCUT2D eigenvalue weighted by atomic mass is 79.9. The molecule has 0 radical (unpaired) electrons. The summed E-state index contributed by atoms with van der Waals surface area (Å²) in [6.45, 7) is 1.82. The zero-order chi connectivity index (χ0) is 13.7. The minimum atomic E-state index is -0.217. The van der Waals surface area contributed by atoms with Crippen molar-refractivity contribution in [3.05, 3.63) is 53.5 Å². The summed E-state index contributed by atoms with van der Waals surface area (Å²) >= 11 is 3.42. The Labute approximate surface area is 121 Å². The number of carbonyl (C=O) groups is 1. The van der Waals surface area contributed by atoms with Crippen molar-refractivity contribution in [3.63, 3.8) is 0 Å². The van der Waals surface area contributed by atoms with Crippen LogP contribution < -0.4 is 5.32 Å². The number of anilines is 1. The summed E-state index contributed by atoms with van der Waals surface area (Å²) in [7, 11) is 0. The molecule has 1 aromatic carbocycles. The third-order valence-electron chi connectivity index (χ3n) is 2.75. The standard InChI is InChI=1S/C15H16BrNO2/c1-11-7-8-14(19-11)15(18)17-13-6-2-4-12(10-13)5-3-9-16/h2,4,6-8,10H,3,5,9H2,1H3,(H,17,18). The van der Waals surface area contributed by atoms with Crippen LogP contribution in [0, 0.1) is 6.92 Å². The second kappa shape index (κ2) is 6.57. The number of hydrogen-bond acceptors (Lipinski definition) is 2. The average Bonchev–Trinajstić information content (AvgIpc) is 2.83. The number of amides is 1. The molecule has 0 fully saturated rings. The Balaban J connectivity index is 2.04. The number of carbonyl (C=O) groups excluding carboxylic acids is 1. The lowest BCUT2D eigenvalue weighted by molar-refractivity contribution is 0.0995. The molecule has 1 heterocycles. The third-order valence-corrected chi connectivity index (χ3v) is 3.31. The Hall–Kier alpha value is -1.55. The molecule has 0 atom stereocenters. The normalized spacial score (nSPS) is 10.4. The first-order valence-electron chi connectivity index (χ1n) is 6.22. The Morgan fingerprint density at radius 3 is 2.84 bits per heavy atom. The number of nitrogens with one attached hydrogen (secondary N) is 1. The molecule has 0 spiro atoms. The van der Waals surface area contributed by atoms with Gasteiger partial charge in [-0.25, -0.2) is 0 Å². The Morgan fingerprint density at radius 1 is 1.32 bits per heavy atom. The first-order valence-corrected chi connectivity index (χ1v) is 7.34. The van der Waals surface area contributed by atoms with E-state index in [4.69, 9.17) is 4.42 Å². The van der Waals surface area contributed by atoms with E-state index in [0.29, 0.717) is 5.76 Å². The van der Waals surface area contributed by atoms with Crippen LogP contribution >= 0.6 is 15.9 Å². The Kier molecular flexibility index (Phi) is 4.80. The number of hydrogen-bond donors (Lipinski definition) is 1. The second-order valence-corrected chi connectivity index (χ2v) is 5.15. The highest BCUT2D eigenvalue weighted by Crippen LogP contribution is 2.15. The maximum absolute atomic E-state index is 11.9. The monoisotopic (exact) mass is 321 g/mol. The van der Waals surface area contributed by atoms with E-state index < -0.39 is 0 Å². The Bertz CT molecular complexity index is 563. The van der Waals surface area contributed by atoms with E-state index in [-0.39, 0.29) is 5.91 Å². The third kappa shape index (κ3) is 3.96. The number of halogens is 1. The predicted molar refractivity (Wildman–Crippen MR) is 80.0 cm³/mol. The molecule has 19 heavy (non-hydrogen) atoms. The second-order valence-electron chi connectivity index (χ2n) is 4.36. The Morgan fingerprint density at radius 2 is 2.16 bits per heavy atom. The van der Waals surface area contributed by atoms with Crippen LogP contribution in [0.3, 0.4) is 0 Å². The van der Waals surface area contributed by atoms with Gasteiger partial charge in [-0.05, 0) is 49.6 Å². The zero-order valence-electron chi connectivity index (χ0n) is 10.8. The van der Waals surface area contributed by atoms with E-state index in [2.05, 4.69) is 27.3 Å². The highest BCUT2D eigenvalue weighted by molar-refractivity contribution is 9.09. The van der Waals surface area contributed by atoms with Crippen LogP contribution in [0.25, 0.3) is 0 Å². The lowest BCUT2D eigenvalue weighted by Crippen LogP contribution is -2.10. The van der Waals surface area contributed by atoms with Crippen LogP contribution in [0.1, 0.15) is 28.3 Å². The van der Waals surface area contributed by atoms with Gasteiger partial charge in [-0.2, -0.15) is 0 Å². The van der Waals surface area contributed by atoms with Crippen molar-refractivity contribution < 1.29 is 9.21 Å². The molecule has 0 bridgehead atoms. The molecule has 2 rings (SSSR count). The molecule has 0 aliphatic rings. The molecule has 0 saturated carbocycles. The fourth-order valence-electron chi connectivity index (χ4n) is 1.82. The fourth-order valence-corrected chi connectivity index (χ4v) is 2.11. The van der Waals surface area contributed by atoms with Gasteiger partial charge in [-0.15, -0.1) is 0 Å². The van der Waals surface area contributed by atoms with Gasteiger partial charge in [0, 0.05) is 11.0 Å². The molecule has 2 aromatic rings. The number of benzene rings is 1. The topological polar surface area (TPSA) is 42.2 Å². The summed E-state index contributed by atoms with van der Waals surface area (Å²) in [5, 5.41) is 3.83. The number of furan rings is 1. The minimum Gasteiger partial charge on any atom is -0.456 e. The minimum absolute atomic E-state index is 0.217. The summed E-state index contributed by atoms with van der Waals surface area (Å²) in [6, 6.07) is 11.4. The SMILES string of the molecule is Cc1ccc(C(=O)Nc2cccc(CCCBr)c2)o1. The van der Waals surface area contributed by atoms with Crippen molar-refractivity contribution in [2.75, 3.05) is 10.6 Å². The summed E-state index contributed by atoms with van der Waals surface area (Å²) in [4.78, 5) is 11.9. The quantitative estimate of drug-likeness (QED) is 0.840. The van der Waals surface area contributed by atoms with Crippen molar-refractivity contribution in [1.29, 1.82) is 0 Å². The van der Waals surface area contributed by atoms with E-state index in [1.54, 1.807) is 12.1 Å². The van der Waals surface area contributed by atoms with Crippen LogP contribution in [-0.4, -0.2) is 11.2 Å². The van der Waals surface area contributed by atoms with E-state index in [1.165, 1.54) is 5.56 Å². The van der Waals surface area contributed by atoms with Crippen molar-refractivity contribution in [1.82, 2.24) is 0 Å². The molecule has 1 aromatic heterocycles. The van der Waals surface area contributed by atoms with E-state index in [0.717, 1.165) is 29.6 Å². The van der Waals surface area contributed by atoms with Gasteiger partial charge in [0.1, 0.15) is 5.76 Å². The van der Waals surface area contributed by atoms with Gasteiger partial charge >= 0.3 is 0 Å². The van der Waals surface area contributed by atoms with Gasteiger partial charge in [0.2, 0.25) is 0 Å². The van der Waals surface area contributed by atoms with Gasteiger partial charge in [0.05, 0.1) is 0 Å². The van der Waals surface area contributed by atoms with Gasteiger partial charge in [-0.1, -0.05) is 28.1 Å². The maximum Gasteiger partial charge on any atom is 0.291 e. The molecular weight excluding hydrogens is 306 g/mol. The molecule has 3 nitrogen and oxygen atoms in total. The lowest BCUT2D eigenvalue weighted by Gasteiger charge is -2.06. The van der Waals surface area contributed by atoms with Crippen molar-refractivity contribution in [2.45, 2.75) is 19.8 Å². The summed E-state index contributed by atoms with van der Waals surface area (Å²) in [5.41, 5.74) is 2.01. The smallest absolute Gasteiger partial charge is 0.291 e. The van der Waals surface area contributed by atoms with Gasteiger partial charge < -0.3 is 9.73 Å². The molecule has 0 aliphatic heterocycles. The van der Waals surface area contributed by atoms with Crippen LogP contribution in [0.15, 0.2) is 40.8 Å². The predicted octanol–water partition coefficient (Wildman–Crippen LogP) is 4.17. The van der Waals surface area contributed by atoms with E-state index in [1.807, 2.05) is 25.1 Å². The molecule has 1 N–H and O–H groups in total. The molecule has 0 aliphatic carbocycles. The van der Waals surface area contributed by atoms with Crippen LogP contribution in [0.2, 0.25) is 0 Å². The summed E-state index contributed by atoms with van der Waals surface area (Å²) in [5.74, 6) is 0.852. The largest absolute Gasteiger partial charge is 0.456 e. The van der Waals surface area contributed by atoms with Crippen LogP contribution in [0.5, 0.6) is 0 Å². The molecule has 100 valence electrons. The van der Waals surface area contributed by atoms with Crippen LogP contribution in [-0.2, 0) is 6.42 Å². The molecular formula is C15H16BrNO2. The van der Waals surface area contributed by atoms with E-state index in [9.17, 15) is 4.79 Å².